The third kappa shape index (κ3) is 4.43. The molecule has 4 heteroatoms. The second-order valence-electron chi connectivity index (χ2n) is 6.37. The number of likely N-dealkylation sites (tertiary alicyclic amines) is 1. The minimum Gasteiger partial charge on any atom is -0.299 e. The number of nitrogens with zero attached hydrogens (tertiary/aromatic N) is 1. The molecule has 0 aliphatic carbocycles. The monoisotopic (exact) mass is 281 g/mol. The van der Waals surface area contributed by atoms with E-state index >= 15 is 0 Å². The Balaban J connectivity index is 2.27. The maximum Gasteiger partial charge on any atom is 0.233 e. The zero-order valence-electron chi connectivity index (χ0n) is 13.1. The van der Waals surface area contributed by atoms with Crippen molar-refractivity contribution >= 4 is 17.6 Å². The van der Waals surface area contributed by atoms with Crippen LogP contribution < -0.4 is 0 Å². The van der Waals surface area contributed by atoms with Gasteiger partial charge in [0.05, 0.1) is 0 Å². The van der Waals surface area contributed by atoms with Gasteiger partial charge in [-0.1, -0.05) is 34.1 Å². The molecule has 1 saturated heterocycles. The van der Waals surface area contributed by atoms with E-state index in [1.807, 2.05) is 27.7 Å². The van der Waals surface area contributed by atoms with Crippen molar-refractivity contribution < 1.29 is 14.4 Å². The highest BCUT2D eigenvalue weighted by Crippen LogP contribution is 2.26. The Morgan fingerprint density at radius 3 is 2.30 bits per heavy atom. The van der Waals surface area contributed by atoms with Crippen molar-refractivity contribution in [1.82, 2.24) is 4.90 Å². The fraction of sp³-hybridized carbons (Fsp3) is 0.812. The van der Waals surface area contributed by atoms with Crippen LogP contribution in [-0.4, -0.2) is 29.0 Å². The molecule has 1 aliphatic heterocycles. The summed E-state index contributed by atoms with van der Waals surface area (Å²) < 4.78 is 0. The number of unbranched alkanes of at least 4 members (excludes halogenated alkanes) is 2. The molecule has 0 bridgehead atoms. The largest absolute Gasteiger partial charge is 0.299 e. The lowest BCUT2D eigenvalue weighted by molar-refractivity contribution is -0.139. The molecule has 1 aliphatic rings. The van der Waals surface area contributed by atoms with Crippen LogP contribution in [0, 0.1) is 17.8 Å². The molecule has 20 heavy (non-hydrogen) atoms. The van der Waals surface area contributed by atoms with Gasteiger partial charge >= 0.3 is 0 Å². The minimum atomic E-state index is -0.134. The molecule has 2 amide bonds. The van der Waals surface area contributed by atoms with Crippen molar-refractivity contribution in [3.63, 3.8) is 0 Å². The fourth-order valence-electron chi connectivity index (χ4n) is 2.50. The van der Waals surface area contributed by atoms with E-state index in [1.165, 1.54) is 4.90 Å². The van der Waals surface area contributed by atoms with Gasteiger partial charge in [0.2, 0.25) is 11.8 Å². The number of rotatable bonds is 8. The molecule has 0 saturated carbocycles. The maximum absolute atomic E-state index is 12.1. The van der Waals surface area contributed by atoms with Crippen molar-refractivity contribution in [3.05, 3.63) is 0 Å². The first-order valence-corrected chi connectivity index (χ1v) is 7.71. The molecule has 0 aromatic rings. The second kappa shape index (κ2) is 7.55. The SMILES string of the molecule is CC(C)C(=O)CCCCCN1C(=O)CC(C(C)C)C1=O. The summed E-state index contributed by atoms with van der Waals surface area (Å²) in [6.45, 7) is 8.30. The molecule has 0 N–H and O–H groups in total. The third-order valence-corrected chi connectivity index (χ3v) is 4.03. The van der Waals surface area contributed by atoms with E-state index in [0.717, 1.165) is 19.3 Å². The van der Waals surface area contributed by atoms with Crippen LogP contribution in [0.25, 0.3) is 0 Å². The highest BCUT2D eigenvalue weighted by atomic mass is 16.2. The number of amides is 2. The predicted octanol–water partition coefficient (Wildman–Crippen LogP) is 2.80. The quantitative estimate of drug-likeness (QED) is 0.508. The number of carbonyl (C=O) groups is 3. The Hall–Kier alpha value is -1.19. The first-order chi connectivity index (χ1) is 9.34. The number of hydrogen-bond donors (Lipinski definition) is 0. The van der Waals surface area contributed by atoms with Crippen LogP contribution in [0.5, 0.6) is 0 Å². The highest BCUT2D eigenvalue weighted by Gasteiger charge is 2.39. The van der Waals surface area contributed by atoms with E-state index in [1.54, 1.807) is 0 Å². The molecule has 0 spiro atoms. The number of imide groups is 1. The smallest absolute Gasteiger partial charge is 0.233 e. The van der Waals surface area contributed by atoms with Crippen molar-refractivity contribution in [1.29, 1.82) is 0 Å². The molecule has 4 nitrogen and oxygen atoms in total. The summed E-state index contributed by atoms with van der Waals surface area (Å²) in [5, 5.41) is 0. The summed E-state index contributed by atoms with van der Waals surface area (Å²) in [6.07, 6.45) is 3.51. The van der Waals surface area contributed by atoms with Crippen LogP contribution in [-0.2, 0) is 14.4 Å². The number of carbonyl (C=O) groups excluding carboxylic acids is 3. The average molecular weight is 281 g/mol. The maximum atomic E-state index is 12.1. The summed E-state index contributed by atoms with van der Waals surface area (Å²) in [5.74, 6) is 0.432. The van der Waals surface area contributed by atoms with Crippen LogP contribution in [0.3, 0.4) is 0 Å². The molecule has 0 aromatic heterocycles. The van der Waals surface area contributed by atoms with Crippen molar-refractivity contribution in [2.75, 3.05) is 6.54 Å². The van der Waals surface area contributed by atoms with Gasteiger partial charge in [-0.25, -0.2) is 0 Å². The molecule has 1 atom stereocenters. The lowest BCUT2D eigenvalue weighted by atomic mass is 9.94. The van der Waals surface area contributed by atoms with E-state index in [2.05, 4.69) is 0 Å². The summed E-state index contributed by atoms with van der Waals surface area (Å²) in [7, 11) is 0. The lowest BCUT2D eigenvalue weighted by Gasteiger charge is -2.16. The molecule has 0 aromatic carbocycles. The van der Waals surface area contributed by atoms with Crippen LogP contribution >= 0.6 is 0 Å². The number of hydrogen-bond acceptors (Lipinski definition) is 3. The Labute approximate surface area is 121 Å². The van der Waals surface area contributed by atoms with Gasteiger partial charge in [-0.2, -0.15) is 0 Å². The molecule has 1 unspecified atom stereocenters. The molecule has 1 heterocycles. The van der Waals surface area contributed by atoms with Gasteiger partial charge in [-0.05, 0) is 18.8 Å². The van der Waals surface area contributed by atoms with Gasteiger partial charge < -0.3 is 0 Å². The van der Waals surface area contributed by atoms with Crippen molar-refractivity contribution in [3.8, 4) is 0 Å². The Kier molecular flexibility index (Phi) is 6.37. The van der Waals surface area contributed by atoms with Crippen molar-refractivity contribution in [2.24, 2.45) is 17.8 Å². The minimum absolute atomic E-state index is 0.0109. The molecule has 114 valence electrons. The zero-order chi connectivity index (χ0) is 15.3. The predicted molar refractivity (Wildman–Crippen MR) is 78.0 cm³/mol. The van der Waals surface area contributed by atoms with Gasteiger partial charge in [0, 0.05) is 31.2 Å². The van der Waals surface area contributed by atoms with E-state index in [0.29, 0.717) is 19.4 Å². The van der Waals surface area contributed by atoms with Crippen LogP contribution in [0.4, 0.5) is 0 Å². The summed E-state index contributed by atoms with van der Waals surface area (Å²) in [6, 6.07) is 0. The first kappa shape index (κ1) is 16.9. The average Bonchev–Trinajstić information content (AvgIpc) is 2.65. The van der Waals surface area contributed by atoms with Gasteiger partial charge in [0.1, 0.15) is 5.78 Å². The molecular formula is C16H27NO3. The molecule has 1 rings (SSSR count). The Morgan fingerprint density at radius 1 is 1.15 bits per heavy atom. The lowest BCUT2D eigenvalue weighted by Crippen LogP contribution is -2.32. The summed E-state index contributed by atoms with van der Waals surface area (Å²) in [4.78, 5) is 36.8. The molecule has 0 radical (unpaired) electrons. The molecular weight excluding hydrogens is 254 g/mol. The second-order valence-corrected chi connectivity index (χ2v) is 6.37. The fourth-order valence-corrected chi connectivity index (χ4v) is 2.50. The Bertz CT molecular complexity index is 374. The van der Waals surface area contributed by atoms with E-state index in [9.17, 15) is 14.4 Å². The standard InChI is InChI=1S/C16H27NO3/c1-11(2)13-10-15(19)17(16(13)20)9-7-5-6-8-14(18)12(3)4/h11-13H,5-10H2,1-4H3. The first-order valence-electron chi connectivity index (χ1n) is 7.71. The van der Waals surface area contributed by atoms with Gasteiger partial charge in [-0.3, -0.25) is 19.3 Å². The van der Waals surface area contributed by atoms with E-state index in [-0.39, 0.29) is 35.4 Å². The number of Topliss-reactive ketones (excluding diaryl/α,β-unsaturated/α-hetero) is 1. The van der Waals surface area contributed by atoms with Crippen LogP contribution in [0.1, 0.15) is 59.8 Å². The van der Waals surface area contributed by atoms with E-state index in [4.69, 9.17) is 0 Å². The van der Waals surface area contributed by atoms with Crippen LogP contribution in [0.15, 0.2) is 0 Å². The van der Waals surface area contributed by atoms with Gasteiger partial charge in [0.25, 0.3) is 0 Å². The molecule has 1 fully saturated rings. The van der Waals surface area contributed by atoms with E-state index < -0.39 is 0 Å². The highest BCUT2D eigenvalue weighted by molar-refractivity contribution is 6.03. The zero-order valence-corrected chi connectivity index (χ0v) is 13.1. The summed E-state index contributed by atoms with van der Waals surface area (Å²) >= 11 is 0. The number of ketones is 1. The Morgan fingerprint density at radius 2 is 1.80 bits per heavy atom. The van der Waals surface area contributed by atoms with Gasteiger partial charge in [-0.15, -0.1) is 0 Å². The third-order valence-electron chi connectivity index (χ3n) is 4.03. The topological polar surface area (TPSA) is 54.5 Å². The normalized spacial score (nSPS) is 19.5. The summed E-state index contributed by atoms with van der Waals surface area (Å²) in [5.41, 5.74) is 0. The van der Waals surface area contributed by atoms with Crippen molar-refractivity contribution in [2.45, 2.75) is 59.8 Å². The van der Waals surface area contributed by atoms with Gasteiger partial charge in [0.15, 0.2) is 0 Å². The van der Waals surface area contributed by atoms with Crippen LogP contribution in [0.2, 0.25) is 0 Å².